The van der Waals surface area contributed by atoms with Crippen molar-refractivity contribution < 1.29 is 9.32 Å². The number of hydrogen-bond acceptors (Lipinski definition) is 3. The second kappa shape index (κ2) is 4.55. The lowest BCUT2D eigenvalue weighted by atomic mass is 10.0. The maximum atomic E-state index is 11.3. The van der Waals surface area contributed by atoms with Crippen molar-refractivity contribution in [1.29, 1.82) is 0 Å². The Morgan fingerprint density at radius 2 is 2.12 bits per heavy atom. The summed E-state index contributed by atoms with van der Waals surface area (Å²) >= 11 is 9.98. The molecule has 0 saturated carbocycles. The molecule has 0 aliphatic carbocycles. The minimum absolute atomic E-state index is 0.348. The second-order valence-corrected chi connectivity index (χ2v) is 4.54. The third-order valence-corrected chi connectivity index (χ3v) is 3.09. The van der Waals surface area contributed by atoms with E-state index in [9.17, 15) is 4.79 Å². The number of aryl methyl sites for hydroxylation is 2. The lowest BCUT2D eigenvalue weighted by Crippen LogP contribution is -1.94. The Morgan fingerprint density at radius 1 is 1.41 bits per heavy atom. The van der Waals surface area contributed by atoms with Crippen molar-refractivity contribution in [1.82, 2.24) is 5.16 Å². The molecule has 0 fully saturated rings. The minimum Gasteiger partial charge on any atom is -0.356 e. The molecule has 0 bridgehead atoms. The third kappa shape index (κ3) is 2.23. The minimum atomic E-state index is -0.368. The first kappa shape index (κ1) is 12.2. The van der Waals surface area contributed by atoms with Gasteiger partial charge in [0.15, 0.2) is 5.76 Å². The van der Waals surface area contributed by atoms with Crippen LogP contribution in [0, 0.1) is 13.8 Å². The van der Waals surface area contributed by atoms with Crippen molar-refractivity contribution in [3.05, 3.63) is 40.0 Å². The number of carbonyl (C=O) groups excluding carboxylic acids is 1. The SMILES string of the molecule is Cc1cc(-c2c(C)ccc(C(=O)S)c2Cl)on1. The van der Waals surface area contributed by atoms with Crippen molar-refractivity contribution >= 4 is 29.3 Å². The van der Waals surface area contributed by atoms with Gasteiger partial charge in [-0.15, -0.1) is 12.6 Å². The number of halogens is 1. The van der Waals surface area contributed by atoms with Crippen molar-refractivity contribution in [2.24, 2.45) is 0 Å². The van der Waals surface area contributed by atoms with Crippen molar-refractivity contribution in [3.63, 3.8) is 0 Å². The van der Waals surface area contributed by atoms with Crippen LogP contribution in [0.2, 0.25) is 5.02 Å². The van der Waals surface area contributed by atoms with Crippen LogP contribution in [0.15, 0.2) is 22.7 Å². The number of thiol groups is 1. The van der Waals surface area contributed by atoms with Crippen LogP contribution >= 0.6 is 24.2 Å². The molecule has 5 heteroatoms. The summed E-state index contributed by atoms with van der Waals surface area (Å²) in [6.07, 6.45) is 0. The summed E-state index contributed by atoms with van der Waals surface area (Å²) in [6.45, 7) is 3.72. The lowest BCUT2D eigenvalue weighted by molar-refractivity contribution is 0.109. The van der Waals surface area contributed by atoms with Gasteiger partial charge in [0, 0.05) is 17.2 Å². The first-order valence-corrected chi connectivity index (χ1v) is 5.79. The molecule has 3 nitrogen and oxygen atoms in total. The van der Waals surface area contributed by atoms with Gasteiger partial charge in [0.1, 0.15) is 0 Å². The van der Waals surface area contributed by atoms with Gasteiger partial charge in [0.2, 0.25) is 5.12 Å². The number of carbonyl (C=O) groups is 1. The van der Waals surface area contributed by atoms with Gasteiger partial charge in [0.05, 0.1) is 10.7 Å². The van der Waals surface area contributed by atoms with E-state index in [0.717, 1.165) is 11.3 Å². The van der Waals surface area contributed by atoms with Crippen LogP contribution in [0.3, 0.4) is 0 Å². The Balaban J connectivity index is 2.68. The quantitative estimate of drug-likeness (QED) is 0.844. The monoisotopic (exact) mass is 267 g/mol. The number of rotatable bonds is 2. The Kier molecular flexibility index (Phi) is 3.26. The summed E-state index contributed by atoms with van der Waals surface area (Å²) < 4.78 is 5.18. The van der Waals surface area contributed by atoms with Gasteiger partial charge in [-0.3, -0.25) is 4.79 Å². The smallest absolute Gasteiger partial charge is 0.217 e. The highest BCUT2D eigenvalue weighted by Gasteiger charge is 2.17. The maximum absolute atomic E-state index is 11.3. The topological polar surface area (TPSA) is 43.1 Å². The summed E-state index contributed by atoms with van der Waals surface area (Å²) in [5.74, 6) is 0.557. The van der Waals surface area contributed by atoms with E-state index in [1.165, 1.54) is 0 Å². The van der Waals surface area contributed by atoms with Gasteiger partial charge in [-0.05, 0) is 25.5 Å². The van der Waals surface area contributed by atoms with Crippen LogP contribution in [0.4, 0.5) is 0 Å². The van der Waals surface area contributed by atoms with Crippen molar-refractivity contribution in [2.45, 2.75) is 13.8 Å². The van der Waals surface area contributed by atoms with E-state index >= 15 is 0 Å². The average Bonchev–Trinajstić information content (AvgIpc) is 2.64. The largest absolute Gasteiger partial charge is 0.356 e. The van der Waals surface area contributed by atoms with E-state index in [1.807, 2.05) is 19.9 Å². The molecule has 1 aromatic carbocycles. The summed E-state index contributed by atoms with van der Waals surface area (Å²) in [5.41, 5.74) is 2.74. The Morgan fingerprint density at radius 3 is 2.65 bits per heavy atom. The van der Waals surface area contributed by atoms with Gasteiger partial charge in [-0.1, -0.05) is 22.8 Å². The molecule has 0 amide bonds. The lowest BCUT2D eigenvalue weighted by Gasteiger charge is -2.07. The number of hydrogen-bond donors (Lipinski definition) is 1. The molecule has 88 valence electrons. The Bertz CT molecular complexity index is 592. The Labute approximate surface area is 109 Å². The van der Waals surface area contributed by atoms with Crippen LogP contribution in [0.5, 0.6) is 0 Å². The third-order valence-electron chi connectivity index (χ3n) is 2.46. The van der Waals surface area contributed by atoms with Crippen LogP contribution in [-0.2, 0) is 0 Å². The molecule has 0 unspecified atom stereocenters. The molecular formula is C12H10ClNO2S. The zero-order valence-corrected chi connectivity index (χ0v) is 11.0. The number of aromatic nitrogens is 1. The van der Waals surface area contributed by atoms with E-state index in [2.05, 4.69) is 17.8 Å². The fraction of sp³-hybridized carbons (Fsp3) is 0.167. The maximum Gasteiger partial charge on any atom is 0.217 e. The highest BCUT2D eigenvalue weighted by molar-refractivity contribution is 7.97. The van der Waals surface area contributed by atoms with Gasteiger partial charge >= 0.3 is 0 Å². The molecule has 0 aliphatic heterocycles. The first-order valence-electron chi connectivity index (χ1n) is 4.97. The fourth-order valence-corrected chi connectivity index (χ4v) is 2.26. The molecule has 1 heterocycles. The summed E-state index contributed by atoms with van der Waals surface area (Å²) in [5, 5.41) is 3.79. The molecule has 0 N–H and O–H groups in total. The zero-order valence-electron chi connectivity index (χ0n) is 9.32. The molecule has 2 rings (SSSR count). The van der Waals surface area contributed by atoms with Crippen molar-refractivity contribution in [2.75, 3.05) is 0 Å². The normalized spacial score (nSPS) is 10.6. The summed E-state index contributed by atoms with van der Waals surface area (Å²) in [7, 11) is 0. The average molecular weight is 268 g/mol. The van der Waals surface area contributed by atoms with Crippen molar-refractivity contribution in [3.8, 4) is 11.3 Å². The molecule has 0 atom stereocenters. The highest BCUT2D eigenvalue weighted by Crippen LogP contribution is 2.34. The second-order valence-electron chi connectivity index (χ2n) is 3.76. The highest BCUT2D eigenvalue weighted by atomic mass is 35.5. The molecule has 0 radical (unpaired) electrons. The molecule has 17 heavy (non-hydrogen) atoms. The van der Waals surface area contributed by atoms with Gasteiger partial charge in [-0.2, -0.15) is 0 Å². The van der Waals surface area contributed by atoms with E-state index in [0.29, 0.717) is 21.9 Å². The van der Waals surface area contributed by atoms with Gasteiger partial charge in [0.25, 0.3) is 0 Å². The van der Waals surface area contributed by atoms with Gasteiger partial charge < -0.3 is 4.52 Å². The number of benzene rings is 1. The Hall–Kier alpha value is -1.26. The van der Waals surface area contributed by atoms with E-state index in [-0.39, 0.29) is 5.12 Å². The van der Waals surface area contributed by atoms with Crippen LogP contribution < -0.4 is 0 Å². The van der Waals surface area contributed by atoms with E-state index in [1.54, 1.807) is 12.1 Å². The van der Waals surface area contributed by atoms with Gasteiger partial charge in [-0.25, -0.2) is 0 Å². The molecule has 0 saturated heterocycles. The van der Waals surface area contributed by atoms with Crippen LogP contribution in [0.25, 0.3) is 11.3 Å². The molecule has 0 aliphatic rings. The summed E-state index contributed by atoms with van der Waals surface area (Å²) in [4.78, 5) is 11.3. The molecule has 2 aromatic rings. The predicted octanol–water partition coefficient (Wildman–Crippen LogP) is 3.68. The van der Waals surface area contributed by atoms with Crippen LogP contribution in [-0.4, -0.2) is 10.3 Å². The summed E-state index contributed by atoms with van der Waals surface area (Å²) in [6, 6.07) is 5.24. The standard InChI is InChI=1S/C12H10ClNO2S/c1-6-3-4-8(12(15)17)11(13)10(6)9-5-7(2)14-16-9/h3-5H,1-2H3,(H,15,17). The molecule has 1 aromatic heterocycles. The van der Waals surface area contributed by atoms with E-state index < -0.39 is 0 Å². The molecule has 0 spiro atoms. The predicted molar refractivity (Wildman–Crippen MR) is 69.7 cm³/mol. The van der Waals surface area contributed by atoms with Crippen LogP contribution in [0.1, 0.15) is 21.6 Å². The zero-order chi connectivity index (χ0) is 12.6. The van der Waals surface area contributed by atoms with E-state index in [4.69, 9.17) is 16.1 Å². The molecular weight excluding hydrogens is 258 g/mol. The fourth-order valence-electron chi connectivity index (χ4n) is 1.62. The number of nitrogens with zero attached hydrogens (tertiary/aromatic N) is 1. The first-order chi connectivity index (χ1) is 8.00.